The number of aromatic nitrogens is 1. The van der Waals surface area contributed by atoms with Crippen molar-refractivity contribution < 1.29 is 22.4 Å². The van der Waals surface area contributed by atoms with Gasteiger partial charge in [-0.1, -0.05) is 18.2 Å². The number of carbonyl (C=O) groups excluding carboxylic acids is 1. The number of benzene rings is 1. The predicted octanol–water partition coefficient (Wildman–Crippen LogP) is 3.19. The third-order valence-corrected chi connectivity index (χ3v) is 2.49. The standard InChI is InChI=1S/C13H11F3N2O2/c1-9-17-11(7-20-9)12(19)18(8-13(14,15)16)10-5-3-2-4-6-10/h2-7H,8H2,1H3. The van der Waals surface area contributed by atoms with Gasteiger partial charge in [-0.3, -0.25) is 9.69 Å². The van der Waals surface area contributed by atoms with Crippen molar-refractivity contribution in [2.75, 3.05) is 11.4 Å². The van der Waals surface area contributed by atoms with Gasteiger partial charge in [-0.25, -0.2) is 4.98 Å². The van der Waals surface area contributed by atoms with Crippen LogP contribution < -0.4 is 4.90 Å². The Morgan fingerprint density at radius 1 is 1.30 bits per heavy atom. The van der Waals surface area contributed by atoms with Crippen molar-refractivity contribution in [2.24, 2.45) is 0 Å². The minimum atomic E-state index is -4.51. The maximum absolute atomic E-state index is 12.6. The molecular formula is C13H11F3N2O2. The third kappa shape index (κ3) is 3.37. The van der Waals surface area contributed by atoms with Crippen LogP contribution in [0.2, 0.25) is 0 Å². The molecule has 4 nitrogen and oxygen atoms in total. The molecule has 2 aromatic rings. The number of rotatable bonds is 3. The molecule has 0 N–H and O–H groups in total. The molecule has 20 heavy (non-hydrogen) atoms. The number of alkyl halides is 3. The Balaban J connectivity index is 2.34. The summed E-state index contributed by atoms with van der Waals surface area (Å²) in [7, 11) is 0. The second kappa shape index (κ2) is 5.36. The zero-order chi connectivity index (χ0) is 14.8. The van der Waals surface area contributed by atoms with Crippen LogP contribution in [0.1, 0.15) is 16.4 Å². The van der Waals surface area contributed by atoms with Crippen molar-refractivity contribution in [2.45, 2.75) is 13.1 Å². The first-order valence-electron chi connectivity index (χ1n) is 5.72. The van der Waals surface area contributed by atoms with Crippen molar-refractivity contribution >= 4 is 11.6 Å². The van der Waals surface area contributed by atoms with Crippen LogP contribution >= 0.6 is 0 Å². The lowest BCUT2D eigenvalue weighted by Crippen LogP contribution is -2.39. The summed E-state index contributed by atoms with van der Waals surface area (Å²) in [6, 6.07) is 7.62. The quantitative estimate of drug-likeness (QED) is 0.869. The van der Waals surface area contributed by atoms with Crippen molar-refractivity contribution in [3.63, 3.8) is 0 Å². The highest BCUT2D eigenvalue weighted by Crippen LogP contribution is 2.23. The van der Waals surface area contributed by atoms with Gasteiger partial charge in [0.05, 0.1) is 0 Å². The zero-order valence-corrected chi connectivity index (χ0v) is 10.5. The van der Waals surface area contributed by atoms with E-state index in [0.717, 1.165) is 6.26 Å². The molecule has 2 rings (SSSR count). The van der Waals surface area contributed by atoms with Gasteiger partial charge in [0, 0.05) is 12.6 Å². The van der Waals surface area contributed by atoms with E-state index in [1.807, 2.05) is 0 Å². The summed E-state index contributed by atoms with van der Waals surface area (Å²) in [4.78, 5) is 16.5. The number of oxazole rings is 1. The van der Waals surface area contributed by atoms with E-state index in [0.29, 0.717) is 4.90 Å². The molecule has 0 spiro atoms. The molecule has 0 saturated carbocycles. The van der Waals surface area contributed by atoms with Gasteiger partial charge in [0.2, 0.25) is 0 Å². The second-order valence-corrected chi connectivity index (χ2v) is 4.09. The molecule has 1 aromatic carbocycles. The fourth-order valence-corrected chi connectivity index (χ4v) is 1.67. The highest BCUT2D eigenvalue weighted by molar-refractivity contribution is 6.04. The number of amides is 1. The molecule has 7 heteroatoms. The fraction of sp³-hybridized carbons (Fsp3) is 0.231. The number of aryl methyl sites for hydroxylation is 1. The Labute approximate surface area is 112 Å². The van der Waals surface area contributed by atoms with Gasteiger partial charge in [0.25, 0.3) is 5.91 Å². The number of para-hydroxylation sites is 1. The summed E-state index contributed by atoms with van der Waals surface area (Å²) in [5.41, 5.74) is -0.00826. The average molecular weight is 284 g/mol. The summed E-state index contributed by atoms with van der Waals surface area (Å²) in [5.74, 6) is -0.640. The van der Waals surface area contributed by atoms with E-state index in [4.69, 9.17) is 4.42 Å². The van der Waals surface area contributed by atoms with Crippen LogP contribution in [0.5, 0.6) is 0 Å². The topological polar surface area (TPSA) is 46.3 Å². The van der Waals surface area contributed by atoms with Gasteiger partial charge in [-0.2, -0.15) is 13.2 Å². The van der Waals surface area contributed by atoms with E-state index in [9.17, 15) is 18.0 Å². The lowest BCUT2D eigenvalue weighted by atomic mass is 10.2. The molecule has 0 fully saturated rings. The Morgan fingerprint density at radius 2 is 1.95 bits per heavy atom. The summed E-state index contributed by atoms with van der Waals surface area (Å²) >= 11 is 0. The summed E-state index contributed by atoms with van der Waals surface area (Å²) in [6.07, 6.45) is -3.46. The van der Waals surface area contributed by atoms with Crippen molar-refractivity contribution in [3.8, 4) is 0 Å². The van der Waals surface area contributed by atoms with Crippen LogP contribution in [0.4, 0.5) is 18.9 Å². The molecule has 0 radical (unpaired) electrons. The molecule has 0 bridgehead atoms. The highest BCUT2D eigenvalue weighted by atomic mass is 19.4. The minimum Gasteiger partial charge on any atom is -0.448 e. The Bertz CT molecular complexity index is 593. The van der Waals surface area contributed by atoms with E-state index >= 15 is 0 Å². The van der Waals surface area contributed by atoms with Crippen LogP contribution in [-0.4, -0.2) is 23.6 Å². The number of nitrogens with zero attached hydrogens (tertiary/aromatic N) is 2. The van der Waals surface area contributed by atoms with Crippen LogP contribution in [0, 0.1) is 6.92 Å². The number of hydrogen-bond acceptors (Lipinski definition) is 3. The SMILES string of the molecule is Cc1nc(C(=O)N(CC(F)(F)F)c2ccccc2)co1. The van der Waals surface area contributed by atoms with E-state index in [2.05, 4.69) is 4.98 Å². The first-order chi connectivity index (χ1) is 9.37. The number of carbonyl (C=O) groups is 1. The third-order valence-electron chi connectivity index (χ3n) is 2.49. The molecule has 0 atom stereocenters. The monoisotopic (exact) mass is 284 g/mol. The van der Waals surface area contributed by atoms with Gasteiger partial charge >= 0.3 is 6.18 Å². The first-order valence-corrected chi connectivity index (χ1v) is 5.72. The lowest BCUT2D eigenvalue weighted by Gasteiger charge is -2.23. The van der Waals surface area contributed by atoms with Crippen LogP contribution in [0.3, 0.4) is 0 Å². The highest BCUT2D eigenvalue weighted by Gasteiger charge is 2.35. The molecule has 0 unspecified atom stereocenters. The van der Waals surface area contributed by atoms with Crippen LogP contribution in [0.15, 0.2) is 41.0 Å². The van der Waals surface area contributed by atoms with Gasteiger partial charge in [0.1, 0.15) is 12.8 Å². The molecule has 1 aromatic heterocycles. The predicted molar refractivity (Wildman–Crippen MR) is 65.4 cm³/mol. The zero-order valence-electron chi connectivity index (χ0n) is 10.5. The molecular weight excluding hydrogens is 273 g/mol. The molecule has 0 saturated heterocycles. The second-order valence-electron chi connectivity index (χ2n) is 4.09. The summed E-state index contributed by atoms with van der Waals surface area (Å²) in [6.45, 7) is 0.120. The van der Waals surface area contributed by atoms with E-state index in [1.165, 1.54) is 19.1 Å². The number of anilines is 1. The van der Waals surface area contributed by atoms with Crippen LogP contribution in [-0.2, 0) is 0 Å². The van der Waals surface area contributed by atoms with Crippen molar-refractivity contribution in [1.29, 1.82) is 0 Å². The van der Waals surface area contributed by atoms with Gasteiger partial charge in [-0.15, -0.1) is 0 Å². The summed E-state index contributed by atoms with van der Waals surface area (Å²) in [5, 5.41) is 0. The smallest absolute Gasteiger partial charge is 0.406 e. The molecule has 0 aliphatic rings. The molecule has 0 aliphatic carbocycles. The largest absolute Gasteiger partial charge is 0.448 e. The van der Waals surface area contributed by atoms with E-state index in [-0.39, 0.29) is 17.3 Å². The summed E-state index contributed by atoms with van der Waals surface area (Å²) < 4.78 is 42.8. The Morgan fingerprint density at radius 3 is 2.45 bits per heavy atom. The minimum absolute atomic E-state index is 0.149. The number of hydrogen-bond donors (Lipinski definition) is 0. The maximum Gasteiger partial charge on any atom is 0.406 e. The normalized spacial score (nSPS) is 11.4. The molecule has 1 amide bonds. The van der Waals surface area contributed by atoms with E-state index < -0.39 is 18.6 Å². The Hall–Kier alpha value is -2.31. The average Bonchev–Trinajstić information content (AvgIpc) is 2.82. The first kappa shape index (κ1) is 14.1. The van der Waals surface area contributed by atoms with E-state index in [1.54, 1.807) is 18.2 Å². The molecule has 0 aliphatic heterocycles. The van der Waals surface area contributed by atoms with Crippen molar-refractivity contribution in [3.05, 3.63) is 48.2 Å². The molecule has 106 valence electrons. The lowest BCUT2D eigenvalue weighted by molar-refractivity contribution is -0.118. The Kier molecular flexibility index (Phi) is 3.78. The van der Waals surface area contributed by atoms with Crippen molar-refractivity contribution in [1.82, 2.24) is 4.98 Å². The number of halogens is 3. The van der Waals surface area contributed by atoms with Crippen LogP contribution in [0.25, 0.3) is 0 Å². The van der Waals surface area contributed by atoms with Gasteiger partial charge in [-0.05, 0) is 12.1 Å². The fourth-order valence-electron chi connectivity index (χ4n) is 1.67. The van der Waals surface area contributed by atoms with Gasteiger partial charge in [0.15, 0.2) is 11.6 Å². The maximum atomic E-state index is 12.6. The van der Waals surface area contributed by atoms with Gasteiger partial charge < -0.3 is 4.42 Å². The molecule has 1 heterocycles.